The van der Waals surface area contributed by atoms with Crippen LogP contribution in [-0.4, -0.2) is 38.4 Å². The lowest BCUT2D eigenvalue weighted by Gasteiger charge is -2.10. The number of nitrogens with one attached hydrogen (secondary N) is 2. The van der Waals surface area contributed by atoms with Gasteiger partial charge in [0.25, 0.3) is 5.56 Å². The Bertz CT molecular complexity index is 1310. The summed E-state index contributed by atoms with van der Waals surface area (Å²) in [6.07, 6.45) is 4.80. The molecule has 1 saturated carbocycles. The van der Waals surface area contributed by atoms with E-state index in [-0.39, 0.29) is 23.1 Å². The summed E-state index contributed by atoms with van der Waals surface area (Å²) in [5, 5.41) is 4.39. The minimum absolute atomic E-state index is 0.00631. The van der Waals surface area contributed by atoms with Gasteiger partial charge in [-0.1, -0.05) is 6.58 Å². The standard InChI is InChI=1S/C20H18F2N6O3/c1-3-28-17(23-2)13(7-16(27-28)14-9-25-20(30)26-18(14)29)11-6-12(11)15-5-4-10(8-24-15)31-19(21)22/h3-5,7-9,11-12,19H,1,6H2,2H3,(H2,25,26,29,30)/t11-,12-/m0/s1. The van der Waals surface area contributed by atoms with Gasteiger partial charge >= 0.3 is 12.3 Å². The van der Waals surface area contributed by atoms with Crippen molar-refractivity contribution in [3.05, 3.63) is 74.8 Å². The molecule has 0 unspecified atom stereocenters. The first-order chi connectivity index (χ1) is 14.9. The first-order valence-corrected chi connectivity index (χ1v) is 9.33. The Hall–Kier alpha value is -3.89. The van der Waals surface area contributed by atoms with Gasteiger partial charge in [0.1, 0.15) is 5.75 Å². The molecule has 9 nitrogen and oxygen atoms in total. The van der Waals surface area contributed by atoms with Crippen LogP contribution in [0.2, 0.25) is 0 Å². The maximum absolute atomic E-state index is 12.3. The quantitative estimate of drug-likeness (QED) is 0.621. The van der Waals surface area contributed by atoms with Crippen LogP contribution in [0.15, 0.2) is 51.8 Å². The summed E-state index contributed by atoms with van der Waals surface area (Å²) in [6.45, 7) is 0.845. The van der Waals surface area contributed by atoms with Crippen molar-refractivity contribution in [1.29, 1.82) is 0 Å². The van der Waals surface area contributed by atoms with Gasteiger partial charge in [-0.25, -0.2) is 9.48 Å². The second-order valence-corrected chi connectivity index (χ2v) is 6.89. The molecule has 3 aromatic heterocycles. The molecule has 1 fully saturated rings. The Morgan fingerprint density at radius 2 is 2.16 bits per heavy atom. The maximum Gasteiger partial charge on any atom is 0.387 e. The molecule has 0 aromatic carbocycles. The molecular formula is C20H18F2N6O3. The molecule has 3 heterocycles. The normalized spacial score (nSPS) is 18.3. The summed E-state index contributed by atoms with van der Waals surface area (Å²) < 4.78 is 30.5. The summed E-state index contributed by atoms with van der Waals surface area (Å²) in [4.78, 5) is 36.8. The van der Waals surface area contributed by atoms with Crippen LogP contribution >= 0.6 is 0 Å². The zero-order valence-electron chi connectivity index (χ0n) is 16.4. The number of halogens is 2. The third kappa shape index (κ3) is 4.06. The Labute approximate surface area is 173 Å². The van der Waals surface area contributed by atoms with E-state index in [1.807, 2.05) is 0 Å². The molecule has 3 aromatic rings. The average molecular weight is 428 g/mol. The van der Waals surface area contributed by atoms with Crippen molar-refractivity contribution < 1.29 is 13.5 Å². The molecule has 2 atom stereocenters. The number of ether oxygens (including phenoxy) is 1. The van der Waals surface area contributed by atoms with Gasteiger partial charge < -0.3 is 9.72 Å². The fraction of sp³-hybridized carbons (Fsp3) is 0.250. The minimum atomic E-state index is -2.91. The van der Waals surface area contributed by atoms with E-state index >= 15 is 0 Å². The minimum Gasteiger partial charge on any atom is -0.433 e. The summed E-state index contributed by atoms with van der Waals surface area (Å²) in [7, 11) is 1.62. The highest BCUT2D eigenvalue weighted by molar-refractivity contribution is 5.57. The average Bonchev–Trinajstić information content (AvgIpc) is 3.53. The highest BCUT2D eigenvalue weighted by Gasteiger charge is 2.42. The van der Waals surface area contributed by atoms with E-state index in [1.54, 1.807) is 19.2 Å². The molecule has 1 aliphatic rings. The van der Waals surface area contributed by atoms with E-state index < -0.39 is 17.9 Å². The monoisotopic (exact) mass is 428 g/mol. The highest BCUT2D eigenvalue weighted by Crippen LogP contribution is 2.53. The van der Waals surface area contributed by atoms with Crippen molar-refractivity contribution in [3.8, 4) is 17.0 Å². The number of pyridine rings is 1. The van der Waals surface area contributed by atoms with E-state index in [9.17, 15) is 18.4 Å². The van der Waals surface area contributed by atoms with Gasteiger partial charge in [0, 0.05) is 36.6 Å². The fourth-order valence-corrected chi connectivity index (χ4v) is 3.55. The first-order valence-electron chi connectivity index (χ1n) is 9.33. The Kier molecular flexibility index (Phi) is 5.32. The summed E-state index contributed by atoms with van der Waals surface area (Å²) in [6, 6.07) is 4.86. The second-order valence-electron chi connectivity index (χ2n) is 6.89. The van der Waals surface area contributed by atoms with Gasteiger partial charge in [-0.3, -0.25) is 19.8 Å². The number of aromatic nitrogens is 5. The van der Waals surface area contributed by atoms with Crippen LogP contribution in [0, 0.1) is 0 Å². The molecule has 4 rings (SSSR count). The molecular weight excluding hydrogens is 410 g/mol. The van der Waals surface area contributed by atoms with E-state index in [4.69, 9.17) is 0 Å². The number of rotatable bonds is 6. The molecule has 1 aliphatic carbocycles. The summed E-state index contributed by atoms with van der Waals surface area (Å²) >= 11 is 0. The van der Waals surface area contributed by atoms with Crippen molar-refractivity contribution in [2.45, 2.75) is 24.9 Å². The lowest BCUT2D eigenvalue weighted by Crippen LogP contribution is -2.27. The smallest absolute Gasteiger partial charge is 0.387 e. The number of aromatic amines is 2. The van der Waals surface area contributed by atoms with Crippen LogP contribution in [0.1, 0.15) is 29.5 Å². The SMILES string of the molecule is C=Cn1nc(-c2c[nH]c(=O)[nH]c2=O)cc([C@H]2C[C@@H]2c2ccc(OC(F)F)cn2)c1=NC. The van der Waals surface area contributed by atoms with Crippen molar-refractivity contribution in [3.63, 3.8) is 0 Å². The van der Waals surface area contributed by atoms with Gasteiger partial charge in [-0.2, -0.15) is 13.9 Å². The van der Waals surface area contributed by atoms with Crippen molar-refractivity contribution in [2.24, 2.45) is 4.99 Å². The molecule has 2 N–H and O–H groups in total. The van der Waals surface area contributed by atoms with E-state index in [1.165, 1.54) is 29.3 Å². The summed E-state index contributed by atoms with van der Waals surface area (Å²) in [5.74, 6) is 0.0690. The number of hydrogen-bond acceptors (Lipinski definition) is 6. The van der Waals surface area contributed by atoms with Gasteiger partial charge in [-0.05, 0) is 30.5 Å². The number of hydrogen-bond donors (Lipinski definition) is 2. The van der Waals surface area contributed by atoms with Crippen LogP contribution in [-0.2, 0) is 0 Å². The van der Waals surface area contributed by atoms with Gasteiger partial charge in [-0.15, -0.1) is 0 Å². The molecule has 0 spiro atoms. The van der Waals surface area contributed by atoms with Gasteiger partial charge in [0.2, 0.25) is 0 Å². The molecule has 0 radical (unpaired) electrons. The fourth-order valence-electron chi connectivity index (χ4n) is 3.55. The van der Waals surface area contributed by atoms with Crippen molar-refractivity contribution in [2.75, 3.05) is 7.05 Å². The molecule has 0 aliphatic heterocycles. The second kappa shape index (κ2) is 8.09. The van der Waals surface area contributed by atoms with Crippen molar-refractivity contribution in [1.82, 2.24) is 24.7 Å². The Balaban J connectivity index is 1.72. The van der Waals surface area contributed by atoms with Crippen LogP contribution < -0.4 is 21.5 Å². The molecule has 160 valence electrons. The van der Waals surface area contributed by atoms with Crippen LogP contribution in [0.4, 0.5) is 8.78 Å². The van der Waals surface area contributed by atoms with Crippen LogP contribution in [0.5, 0.6) is 5.75 Å². The highest BCUT2D eigenvalue weighted by atomic mass is 19.3. The van der Waals surface area contributed by atoms with Crippen LogP contribution in [0.25, 0.3) is 17.5 Å². The Morgan fingerprint density at radius 1 is 1.35 bits per heavy atom. The van der Waals surface area contributed by atoms with E-state index in [0.29, 0.717) is 11.2 Å². The van der Waals surface area contributed by atoms with Crippen molar-refractivity contribution >= 4 is 6.20 Å². The van der Waals surface area contributed by atoms with Gasteiger partial charge in [0.05, 0.1) is 17.5 Å². The topological polar surface area (TPSA) is 118 Å². The predicted octanol–water partition coefficient (Wildman–Crippen LogP) is 1.83. The van der Waals surface area contributed by atoms with Gasteiger partial charge in [0.15, 0.2) is 5.49 Å². The third-order valence-corrected chi connectivity index (χ3v) is 5.02. The molecule has 0 saturated heterocycles. The largest absolute Gasteiger partial charge is 0.433 e. The molecule has 0 amide bonds. The number of alkyl halides is 2. The lowest BCUT2D eigenvalue weighted by atomic mass is 10.1. The summed E-state index contributed by atoms with van der Waals surface area (Å²) in [5.41, 5.74) is 1.50. The predicted molar refractivity (Wildman–Crippen MR) is 108 cm³/mol. The number of nitrogens with zero attached hydrogens (tertiary/aromatic N) is 4. The molecule has 0 bridgehead atoms. The van der Waals surface area contributed by atoms with Crippen LogP contribution in [0.3, 0.4) is 0 Å². The molecule has 11 heteroatoms. The third-order valence-electron chi connectivity index (χ3n) is 5.02. The zero-order chi connectivity index (χ0) is 22.1. The molecule has 31 heavy (non-hydrogen) atoms. The lowest BCUT2D eigenvalue weighted by molar-refractivity contribution is -0.0500. The number of H-pyrrole nitrogens is 2. The maximum atomic E-state index is 12.3. The Morgan fingerprint density at radius 3 is 2.77 bits per heavy atom. The zero-order valence-corrected chi connectivity index (χ0v) is 16.4. The first kappa shape index (κ1) is 20.4. The van der Waals surface area contributed by atoms with E-state index in [2.05, 4.69) is 36.4 Å². The van der Waals surface area contributed by atoms with E-state index in [0.717, 1.165) is 17.7 Å².